The highest BCUT2D eigenvalue weighted by molar-refractivity contribution is 9.11. The average Bonchev–Trinajstić information content (AvgIpc) is 3.11. The van der Waals surface area contributed by atoms with Gasteiger partial charge in [0, 0.05) is 0 Å². The minimum absolute atomic E-state index is 0.0577. The molecule has 8 nitrogen and oxygen atoms in total. The Balaban J connectivity index is 1.44. The van der Waals surface area contributed by atoms with Crippen molar-refractivity contribution in [2.75, 3.05) is 19.0 Å². The number of benzene rings is 3. The second-order valence-electron chi connectivity index (χ2n) is 8.22. The molecule has 1 aliphatic rings. The normalized spacial score (nSPS) is 14.1. The molecule has 0 saturated carbocycles. The Bertz CT molecular complexity index is 1380. The van der Waals surface area contributed by atoms with Crippen molar-refractivity contribution in [2.24, 2.45) is 0 Å². The number of nitrogens with zero attached hydrogens (tertiary/aromatic N) is 1. The maximum Gasteiger partial charge on any atom is 0.329 e. The first-order valence-corrected chi connectivity index (χ1v) is 12.8. The molecular formula is C27H23Br2N3O5. The molecule has 0 bridgehead atoms. The van der Waals surface area contributed by atoms with Crippen LogP contribution in [0, 0.1) is 6.92 Å². The number of para-hydroxylation sites is 2. The van der Waals surface area contributed by atoms with E-state index in [0.29, 0.717) is 38.3 Å². The molecule has 1 heterocycles. The standard InChI is InChI=1S/C27H23Br2N3O5/c1-16-6-5-7-17(10-16)15-37-25-19(28)11-18(12-20(25)29)13-22-26(34)32(27(35)31-22)14-24(33)30-21-8-3-4-9-23(21)36-2/h3-13H,14-15H2,1-2H3,(H,30,33)(H,31,35)/b22-13+. The predicted octanol–water partition coefficient (Wildman–Crippen LogP) is 5.64. The smallest absolute Gasteiger partial charge is 0.329 e. The van der Waals surface area contributed by atoms with Crippen molar-refractivity contribution < 1.29 is 23.9 Å². The van der Waals surface area contributed by atoms with Crippen molar-refractivity contribution in [3.05, 3.63) is 92.0 Å². The van der Waals surface area contributed by atoms with Crippen LogP contribution in [-0.2, 0) is 16.2 Å². The lowest BCUT2D eigenvalue weighted by Crippen LogP contribution is -2.38. The van der Waals surface area contributed by atoms with E-state index in [-0.39, 0.29) is 5.70 Å². The predicted molar refractivity (Wildman–Crippen MR) is 147 cm³/mol. The zero-order valence-corrected chi connectivity index (χ0v) is 23.2. The third-order valence-corrected chi connectivity index (χ3v) is 6.62. The summed E-state index contributed by atoms with van der Waals surface area (Å²) in [5.74, 6) is -0.0572. The Labute approximate surface area is 230 Å². The van der Waals surface area contributed by atoms with Crippen LogP contribution >= 0.6 is 31.9 Å². The SMILES string of the molecule is COc1ccccc1NC(=O)CN1C(=O)N/C(=C/c2cc(Br)c(OCc3cccc(C)c3)c(Br)c2)C1=O. The van der Waals surface area contributed by atoms with Gasteiger partial charge in [-0.05, 0) is 80.3 Å². The van der Waals surface area contributed by atoms with Crippen LogP contribution in [0.3, 0.4) is 0 Å². The first-order valence-electron chi connectivity index (χ1n) is 11.2. The van der Waals surface area contributed by atoms with Gasteiger partial charge in [0.2, 0.25) is 5.91 Å². The molecule has 2 N–H and O–H groups in total. The third kappa shape index (κ3) is 6.39. The van der Waals surface area contributed by atoms with Gasteiger partial charge < -0.3 is 20.1 Å². The molecule has 0 aromatic heterocycles. The summed E-state index contributed by atoms with van der Waals surface area (Å²) in [7, 11) is 1.49. The van der Waals surface area contributed by atoms with Crippen molar-refractivity contribution in [1.82, 2.24) is 10.2 Å². The van der Waals surface area contributed by atoms with Gasteiger partial charge in [-0.3, -0.25) is 9.59 Å². The summed E-state index contributed by atoms with van der Waals surface area (Å²) in [4.78, 5) is 38.7. The van der Waals surface area contributed by atoms with Crippen LogP contribution in [0.4, 0.5) is 10.5 Å². The number of nitrogens with one attached hydrogen (secondary N) is 2. The molecule has 3 aromatic carbocycles. The van der Waals surface area contributed by atoms with Crippen molar-refractivity contribution in [1.29, 1.82) is 0 Å². The Hall–Kier alpha value is -3.63. The van der Waals surface area contributed by atoms with E-state index < -0.39 is 24.4 Å². The minimum atomic E-state index is -0.678. The molecule has 1 fully saturated rings. The molecule has 0 unspecified atom stereocenters. The van der Waals surface area contributed by atoms with E-state index >= 15 is 0 Å². The topological polar surface area (TPSA) is 97.0 Å². The van der Waals surface area contributed by atoms with Crippen molar-refractivity contribution in [3.63, 3.8) is 0 Å². The molecule has 190 valence electrons. The van der Waals surface area contributed by atoms with Crippen molar-refractivity contribution in [2.45, 2.75) is 13.5 Å². The first kappa shape index (κ1) is 26.4. The van der Waals surface area contributed by atoms with Crippen LogP contribution in [0.15, 0.2) is 75.3 Å². The quantitative estimate of drug-likeness (QED) is 0.249. The molecule has 0 aliphatic carbocycles. The Morgan fingerprint density at radius 3 is 2.49 bits per heavy atom. The molecular weight excluding hydrogens is 606 g/mol. The zero-order chi connectivity index (χ0) is 26.5. The summed E-state index contributed by atoms with van der Waals surface area (Å²) in [6.07, 6.45) is 1.54. The van der Waals surface area contributed by atoms with Crippen LogP contribution in [0.25, 0.3) is 6.08 Å². The van der Waals surface area contributed by atoms with Gasteiger partial charge >= 0.3 is 6.03 Å². The van der Waals surface area contributed by atoms with Crippen LogP contribution in [0.1, 0.15) is 16.7 Å². The lowest BCUT2D eigenvalue weighted by Gasteiger charge is -2.13. The van der Waals surface area contributed by atoms with Crippen molar-refractivity contribution in [3.8, 4) is 11.5 Å². The van der Waals surface area contributed by atoms with Gasteiger partial charge in [0.25, 0.3) is 5.91 Å². The van der Waals surface area contributed by atoms with Gasteiger partial charge in [0.1, 0.15) is 30.3 Å². The zero-order valence-electron chi connectivity index (χ0n) is 20.0. The number of carbonyl (C=O) groups is 3. The largest absolute Gasteiger partial charge is 0.495 e. The lowest BCUT2D eigenvalue weighted by molar-refractivity contribution is -0.127. The summed E-state index contributed by atoms with van der Waals surface area (Å²) >= 11 is 7.04. The Morgan fingerprint density at radius 2 is 1.78 bits per heavy atom. The van der Waals surface area contributed by atoms with Gasteiger partial charge in [0.05, 0.1) is 21.7 Å². The number of methoxy groups -OCH3 is 1. The second kappa shape index (κ2) is 11.6. The number of urea groups is 1. The fraction of sp³-hybridized carbons (Fsp3) is 0.148. The van der Waals surface area contributed by atoms with E-state index in [1.165, 1.54) is 13.2 Å². The molecule has 0 radical (unpaired) electrons. The van der Waals surface area contributed by atoms with E-state index in [4.69, 9.17) is 9.47 Å². The summed E-state index contributed by atoms with van der Waals surface area (Å²) in [5.41, 5.74) is 3.33. The van der Waals surface area contributed by atoms with Gasteiger partial charge in [-0.2, -0.15) is 0 Å². The number of aryl methyl sites for hydroxylation is 1. The van der Waals surface area contributed by atoms with Crippen LogP contribution in [0.5, 0.6) is 11.5 Å². The molecule has 4 rings (SSSR count). The van der Waals surface area contributed by atoms with Gasteiger partial charge in [-0.1, -0.05) is 42.0 Å². The highest BCUT2D eigenvalue weighted by Gasteiger charge is 2.35. The molecule has 3 aromatic rings. The van der Waals surface area contributed by atoms with Gasteiger partial charge in [-0.25, -0.2) is 9.69 Å². The van der Waals surface area contributed by atoms with E-state index in [1.807, 2.05) is 25.1 Å². The lowest BCUT2D eigenvalue weighted by atomic mass is 10.1. The molecule has 0 spiro atoms. The number of hydrogen-bond acceptors (Lipinski definition) is 5. The van der Waals surface area contributed by atoms with Crippen LogP contribution in [0.2, 0.25) is 0 Å². The van der Waals surface area contributed by atoms with Gasteiger partial charge in [-0.15, -0.1) is 0 Å². The average molecular weight is 629 g/mol. The summed E-state index contributed by atoms with van der Waals surface area (Å²) in [5, 5.41) is 5.19. The maximum atomic E-state index is 12.9. The molecule has 1 aliphatic heterocycles. The minimum Gasteiger partial charge on any atom is -0.495 e. The molecule has 10 heteroatoms. The Kier molecular flexibility index (Phi) is 8.30. The van der Waals surface area contributed by atoms with Crippen LogP contribution in [-0.4, -0.2) is 36.4 Å². The molecule has 37 heavy (non-hydrogen) atoms. The molecule has 0 atom stereocenters. The van der Waals surface area contributed by atoms with Gasteiger partial charge in [0.15, 0.2) is 0 Å². The third-order valence-electron chi connectivity index (χ3n) is 5.44. The summed E-state index contributed by atoms with van der Waals surface area (Å²) < 4.78 is 12.5. The van der Waals surface area contributed by atoms with Crippen LogP contribution < -0.4 is 20.1 Å². The number of ether oxygens (including phenoxy) is 2. The number of halogens is 2. The number of anilines is 1. The number of rotatable bonds is 8. The highest BCUT2D eigenvalue weighted by atomic mass is 79.9. The monoisotopic (exact) mass is 627 g/mol. The molecule has 1 saturated heterocycles. The Morgan fingerprint density at radius 1 is 1.05 bits per heavy atom. The second-order valence-corrected chi connectivity index (χ2v) is 9.93. The highest BCUT2D eigenvalue weighted by Crippen LogP contribution is 2.36. The fourth-order valence-electron chi connectivity index (χ4n) is 3.72. The number of hydrogen-bond donors (Lipinski definition) is 2. The van der Waals surface area contributed by atoms with E-state index in [9.17, 15) is 14.4 Å². The first-order chi connectivity index (χ1) is 17.7. The number of carbonyl (C=O) groups excluding carboxylic acids is 3. The maximum absolute atomic E-state index is 12.9. The van der Waals surface area contributed by atoms with Crippen molar-refractivity contribution >= 4 is 61.5 Å². The number of imide groups is 1. The van der Waals surface area contributed by atoms with E-state index in [0.717, 1.165) is 16.0 Å². The van der Waals surface area contributed by atoms with E-state index in [2.05, 4.69) is 48.6 Å². The molecule has 4 amide bonds. The summed E-state index contributed by atoms with van der Waals surface area (Å²) in [6, 6.07) is 17.8. The summed E-state index contributed by atoms with van der Waals surface area (Å²) in [6.45, 7) is 1.97. The fourth-order valence-corrected chi connectivity index (χ4v) is 5.17. The van der Waals surface area contributed by atoms with E-state index in [1.54, 1.807) is 36.4 Å². The number of amides is 4.